The van der Waals surface area contributed by atoms with Gasteiger partial charge in [0.15, 0.2) is 0 Å². The van der Waals surface area contributed by atoms with E-state index in [0.717, 1.165) is 31.6 Å². The summed E-state index contributed by atoms with van der Waals surface area (Å²) in [5.41, 5.74) is 0. The standard InChI is InChI=1S/C41H81NO3/c1-4-6-7-8-9-10-11-12-13-14-15-16-17-18-19-24-27-30-33-36-41(45)42-39(37-43)40(44)35-32-29-26-23-21-20-22-25-28-31-34-38(3)5-2/h32,35,38-40,43-44H,4-31,33-34,36-37H2,1-3H3,(H,42,45)/b35-32+/t38-,39+,40-/m1/s1. The fourth-order valence-corrected chi connectivity index (χ4v) is 6.27. The van der Waals surface area contributed by atoms with Crippen molar-refractivity contribution in [3.63, 3.8) is 0 Å². The average molecular weight is 636 g/mol. The zero-order valence-corrected chi connectivity index (χ0v) is 30.8. The third-order valence-corrected chi connectivity index (χ3v) is 9.81. The number of aliphatic hydroxyl groups is 2. The van der Waals surface area contributed by atoms with Gasteiger partial charge in [0.05, 0.1) is 18.8 Å². The molecule has 0 saturated carbocycles. The van der Waals surface area contributed by atoms with E-state index in [1.165, 1.54) is 167 Å². The van der Waals surface area contributed by atoms with Crippen molar-refractivity contribution in [3.8, 4) is 0 Å². The van der Waals surface area contributed by atoms with E-state index in [1.807, 2.05) is 6.08 Å². The van der Waals surface area contributed by atoms with Gasteiger partial charge in [-0.25, -0.2) is 0 Å². The number of hydrogen-bond donors (Lipinski definition) is 3. The molecule has 0 bridgehead atoms. The van der Waals surface area contributed by atoms with Gasteiger partial charge in [-0.15, -0.1) is 0 Å². The summed E-state index contributed by atoms with van der Waals surface area (Å²) >= 11 is 0. The molecule has 0 spiro atoms. The Morgan fingerprint density at radius 1 is 0.600 bits per heavy atom. The van der Waals surface area contributed by atoms with Crippen LogP contribution in [0.4, 0.5) is 0 Å². The summed E-state index contributed by atoms with van der Waals surface area (Å²) in [6.07, 6.45) is 43.0. The van der Waals surface area contributed by atoms with Gasteiger partial charge in [-0.1, -0.05) is 206 Å². The van der Waals surface area contributed by atoms with Gasteiger partial charge in [0, 0.05) is 6.42 Å². The Morgan fingerprint density at radius 3 is 1.42 bits per heavy atom. The highest BCUT2D eigenvalue weighted by atomic mass is 16.3. The third-order valence-electron chi connectivity index (χ3n) is 9.81. The van der Waals surface area contributed by atoms with E-state index < -0.39 is 12.1 Å². The summed E-state index contributed by atoms with van der Waals surface area (Å²) < 4.78 is 0. The number of aliphatic hydroxyl groups excluding tert-OH is 2. The molecule has 0 aliphatic carbocycles. The molecule has 0 rings (SSSR count). The Kier molecular flexibility index (Phi) is 35.3. The number of nitrogens with one attached hydrogen (secondary N) is 1. The second-order valence-electron chi connectivity index (χ2n) is 14.3. The van der Waals surface area contributed by atoms with E-state index >= 15 is 0 Å². The van der Waals surface area contributed by atoms with Crippen molar-refractivity contribution in [1.29, 1.82) is 0 Å². The van der Waals surface area contributed by atoms with Gasteiger partial charge in [-0.05, 0) is 25.2 Å². The molecule has 268 valence electrons. The summed E-state index contributed by atoms with van der Waals surface area (Å²) in [5, 5.41) is 22.9. The monoisotopic (exact) mass is 636 g/mol. The van der Waals surface area contributed by atoms with Crippen LogP contribution in [0.3, 0.4) is 0 Å². The smallest absolute Gasteiger partial charge is 0.220 e. The fourth-order valence-electron chi connectivity index (χ4n) is 6.27. The molecule has 4 nitrogen and oxygen atoms in total. The Labute approximate surface area is 282 Å². The topological polar surface area (TPSA) is 69.6 Å². The van der Waals surface area contributed by atoms with E-state index in [9.17, 15) is 15.0 Å². The van der Waals surface area contributed by atoms with Gasteiger partial charge in [0.2, 0.25) is 5.91 Å². The van der Waals surface area contributed by atoms with Crippen molar-refractivity contribution in [3.05, 3.63) is 12.2 Å². The number of hydrogen-bond acceptors (Lipinski definition) is 3. The van der Waals surface area contributed by atoms with Gasteiger partial charge in [0.25, 0.3) is 0 Å². The molecule has 0 aromatic rings. The van der Waals surface area contributed by atoms with E-state index in [4.69, 9.17) is 0 Å². The Bertz CT molecular complexity index is 622. The van der Waals surface area contributed by atoms with Crippen LogP contribution in [0.2, 0.25) is 0 Å². The number of carbonyl (C=O) groups is 1. The zero-order valence-electron chi connectivity index (χ0n) is 30.8. The zero-order chi connectivity index (χ0) is 33.1. The molecule has 0 heterocycles. The fraction of sp³-hybridized carbons (Fsp3) is 0.927. The maximum atomic E-state index is 12.3. The predicted molar refractivity (Wildman–Crippen MR) is 198 cm³/mol. The number of carbonyl (C=O) groups excluding carboxylic acids is 1. The highest BCUT2D eigenvalue weighted by Crippen LogP contribution is 2.16. The van der Waals surface area contributed by atoms with Crippen LogP contribution in [-0.2, 0) is 4.79 Å². The molecule has 1 amide bonds. The van der Waals surface area contributed by atoms with Crippen molar-refractivity contribution < 1.29 is 15.0 Å². The summed E-state index contributed by atoms with van der Waals surface area (Å²) in [6.45, 7) is 6.69. The molecule has 0 unspecified atom stereocenters. The van der Waals surface area contributed by atoms with Gasteiger partial charge in [-0.2, -0.15) is 0 Å². The second-order valence-corrected chi connectivity index (χ2v) is 14.3. The van der Waals surface area contributed by atoms with Crippen molar-refractivity contribution in [2.45, 2.75) is 232 Å². The number of rotatable bonds is 36. The minimum absolute atomic E-state index is 0.0617. The van der Waals surface area contributed by atoms with Gasteiger partial charge in [0.1, 0.15) is 0 Å². The lowest BCUT2D eigenvalue weighted by atomic mass is 9.99. The van der Waals surface area contributed by atoms with E-state index in [2.05, 4.69) is 26.1 Å². The quantitative estimate of drug-likeness (QED) is 0.0474. The van der Waals surface area contributed by atoms with Gasteiger partial charge < -0.3 is 15.5 Å². The molecule has 0 aromatic carbocycles. The largest absolute Gasteiger partial charge is 0.394 e. The third kappa shape index (κ3) is 32.8. The highest BCUT2D eigenvalue weighted by molar-refractivity contribution is 5.76. The second kappa shape index (κ2) is 36.0. The molecule has 0 aliphatic heterocycles. The lowest BCUT2D eigenvalue weighted by Gasteiger charge is -2.20. The average Bonchev–Trinajstić information content (AvgIpc) is 3.04. The summed E-state index contributed by atoms with van der Waals surface area (Å²) in [6, 6.07) is -0.616. The molecule has 0 aromatic heterocycles. The molecular weight excluding hydrogens is 554 g/mol. The number of amides is 1. The summed E-state index contributed by atoms with van der Waals surface area (Å²) in [4.78, 5) is 12.3. The predicted octanol–water partition coefficient (Wildman–Crippen LogP) is 12.1. The SMILES string of the molecule is CCCCCCCCCCCCCCCCCCCCCC(=O)N[C@@H](CO)[C@H](O)/C=C/CCCCCCCCCC[C@H](C)CC. The molecule has 3 N–H and O–H groups in total. The maximum absolute atomic E-state index is 12.3. The summed E-state index contributed by atoms with van der Waals surface area (Å²) in [7, 11) is 0. The van der Waals surface area contributed by atoms with E-state index in [-0.39, 0.29) is 12.5 Å². The van der Waals surface area contributed by atoms with Crippen LogP contribution >= 0.6 is 0 Å². The minimum Gasteiger partial charge on any atom is -0.394 e. The van der Waals surface area contributed by atoms with Gasteiger partial charge in [-0.3, -0.25) is 4.79 Å². The van der Waals surface area contributed by atoms with E-state index in [1.54, 1.807) is 6.08 Å². The van der Waals surface area contributed by atoms with Crippen LogP contribution < -0.4 is 5.32 Å². The Morgan fingerprint density at radius 2 is 1.00 bits per heavy atom. The number of allylic oxidation sites excluding steroid dienone is 1. The van der Waals surface area contributed by atoms with Crippen molar-refractivity contribution in [1.82, 2.24) is 5.32 Å². The molecule has 45 heavy (non-hydrogen) atoms. The first-order valence-corrected chi connectivity index (χ1v) is 20.3. The van der Waals surface area contributed by atoms with Crippen LogP contribution in [0.25, 0.3) is 0 Å². The first-order chi connectivity index (χ1) is 22.0. The molecule has 3 atom stereocenters. The van der Waals surface area contributed by atoms with Crippen LogP contribution in [0.15, 0.2) is 12.2 Å². The van der Waals surface area contributed by atoms with E-state index in [0.29, 0.717) is 6.42 Å². The van der Waals surface area contributed by atoms with Crippen molar-refractivity contribution in [2.75, 3.05) is 6.61 Å². The highest BCUT2D eigenvalue weighted by Gasteiger charge is 2.17. The lowest BCUT2D eigenvalue weighted by Crippen LogP contribution is -2.45. The molecule has 0 saturated heterocycles. The minimum atomic E-state index is -0.834. The molecule has 0 radical (unpaired) electrons. The molecule has 0 fully saturated rings. The van der Waals surface area contributed by atoms with Crippen molar-refractivity contribution >= 4 is 5.91 Å². The molecule has 4 heteroatoms. The van der Waals surface area contributed by atoms with Crippen LogP contribution in [0, 0.1) is 5.92 Å². The first-order valence-electron chi connectivity index (χ1n) is 20.3. The molecular formula is C41H81NO3. The maximum Gasteiger partial charge on any atom is 0.220 e. The number of unbranched alkanes of at least 4 members (excludes halogenated alkanes) is 26. The summed E-state index contributed by atoms with van der Waals surface area (Å²) in [5.74, 6) is 0.821. The van der Waals surface area contributed by atoms with Gasteiger partial charge >= 0.3 is 0 Å². The Hall–Kier alpha value is -0.870. The normalized spacial score (nSPS) is 13.8. The van der Waals surface area contributed by atoms with Crippen LogP contribution in [0.1, 0.15) is 220 Å². The van der Waals surface area contributed by atoms with Crippen molar-refractivity contribution in [2.24, 2.45) is 5.92 Å². The Balaban J connectivity index is 3.56. The van der Waals surface area contributed by atoms with Crippen LogP contribution in [-0.4, -0.2) is 34.9 Å². The van der Waals surface area contributed by atoms with Crippen LogP contribution in [0.5, 0.6) is 0 Å². The first kappa shape index (κ1) is 44.1. The lowest BCUT2D eigenvalue weighted by molar-refractivity contribution is -0.123. The molecule has 0 aliphatic rings.